The van der Waals surface area contributed by atoms with Crippen LogP contribution in [-0.4, -0.2) is 18.7 Å². The van der Waals surface area contributed by atoms with Crippen molar-refractivity contribution in [3.8, 4) is 0 Å². The molecule has 0 aromatic heterocycles. The van der Waals surface area contributed by atoms with Gasteiger partial charge in [0.2, 0.25) is 0 Å². The molecule has 0 atom stereocenters. The Morgan fingerprint density at radius 1 is 1.31 bits per heavy atom. The van der Waals surface area contributed by atoms with Crippen LogP contribution in [0, 0.1) is 6.68 Å². The van der Waals surface area contributed by atoms with Gasteiger partial charge in [-0.2, -0.15) is 8.42 Å². The molecular formula is C5H10F3NaO3S. The quantitative estimate of drug-likeness (QED) is 0.385. The third-order valence-corrected chi connectivity index (χ3v) is 1.56. The largest absolute Gasteiger partial charge is 1.00 e. The van der Waals surface area contributed by atoms with Crippen LogP contribution in [0.15, 0.2) is 0 Å². The number of unbranched alkanes of at least 4 members (excludes halogenated alkanes) is 1. The Morgan fingerprint density at radius 3 is 1.69 bits per heavy atom. The normalized spacial score (nSPS) is 10.0. The Labute approximate surface area is 97.7 Å². The molecule has 0 spiro atoms. The van der Waals surface area contributed by atoms with Crippen LogP contribution in [0.5, 0.6) is 0 Å². The van der Waals surface area contributed by atoms with Gasteiger partial charge in [0.1, 0.15) is 0 Å². The summed E-state index contributed by atoms with van der Waals surface area (Å²) in [6, 6.07) is 0. The first kappa shape index (κ1) is 19.3. The predicted molar refractivity (Wildman–Crippen MR) is 37.9 cm³/mol. The summed E-state index contributed by atoms with van der Waals surface area (Å²) >= 11 is 0. The second kappa shape index (κ2) is 10.8. The van der Waals surface area contributed by atoms with Crippen molar-refractivity contribution < 1.29 is 55.7 Å². The molecule has 0 heterocycles. The van der Waals surface area contributed by atoms with E-state index in [4.69, 9.17) is 4.55 Å². The van der Waals surface area contributed by atoms with Gasteiger partial charge in [-0.1, -0.05) is 13.3 Å². The summed E-state index contributed by atoms with van der Waals surface area (Å²) in [4.78, 5) is 0. The Balaban J connectivity index is -0.000000173. The zero-order valence-electron chi connectivity index (χ0n) is 7.43. The summed E-state index contributed by atoms with van der Waals surface area (Å²) in [5, 5.41) is 0. The van der Waals surface area contributed by atoms with Gasteiger partial charge < -0.3 is 13.2 Å². The molecule has 0 radical (unpaired) electrons. The minimum atomic E-state index is -3.69. The van der Waals surface area contributed by atoms with Crippen molar-refractivity contribution in [1.29, 1.82) is 0 Å². The summed E-state index contributed by atoms with van der Waals surface area (Å²) < 4.78 is 56.8. The minimum absolute atomic E-state index is 0. The average Bonchev–Trinajstić information content (AvgIpc) is 1.80. The zero-order valence-corrected chi connectivity index (χ0v) is 10.2. The van der Waals surface area contributed by atoms with Crippen LogP contribution in [-0.2, 0) is 10.1 Å². The van der Waals surface area contributed by atoms with Crippen LogP contribution in [0.4, 0.5) is 13.2 Å². The van der Waals surface area contributed by atoms with Crippen molar-refractivity contribution in [2.75, 3.05) is 5.75 Å². The Hall–Kier alpha value is 0.700. The first-order chi connectivity index (χ1) is 5.29. The van der Waals surface area contributed by atoms with E-state index >= 15 is 0 Å². The zero-order chi connectivity index (χ0) is 10.2. The molecule has 0 bridgehead atoms. The van der Waals surface area contributed by atoms with Gasteiger partial charge in [-0.15, -0.1) is 0 Å². The van der Waals surface area contributed by atoms with Gasteiger partial charge >= 0.3 is 29.6 Å². The molecule has 0 aromatic carbocycles. The standard InChI is InChI=1S/C4H10O3S.CF3.Na/c1-2-3-4-8(5,6)7;2-1(3)4;/h2-4H2,1H3,(H,5,6,7);;/q;-1;+1. The van der Waals surface area contributed by atoms with Gasteiger partial charge in [0.25, 0.3) is 10.1 Å². The molecule has 0 amide bonds. The van der Waals surface area contributed by atoms with Crippen LogP contribution < -0.4 is 29.6 Å². The molecule has 76 valence electrons. The molecule has 3 nitrogen and oxygen atoms in total. The number of hydrogen-bond donors (Lipinski definition) is 1. The molecule has 13 heavy (non-hydrogen) atoms. The minimum Gasteiger partial charge on any atom is -0.385 e. The van der Waals surface area contributed by atoms with Gasteiger partial charge in [0.15, 0.2) is 6.68 Å². The smallest absolute Gasteiger partial charge is 0.385 e. The van der Waals surface area contributed by atoms with E-state index in [2.05, 4.69) is 0 Å². The summed E-state index contributed by atoms with van der Waals surface area (Å²) in [5.74, 6) is -0.108. The van der Waals surface area contributed by atoms with Crippen molar-refractivity contribution in [2.45, 2.75) is 19.8 Å². The maximum Gasteiger partial charge on any atom is 1.00 e. The third kappa shape index (κ3) is 44.8. The van der Waals surface area contributed by atoms with Crippen LogP contribution in [0.1, 0.15) is 19.8 Å². The fourth-order valence-corrected chi connectivity index (χ4v) is 0.980. The van der Waals surface area contributed by atoms with Crippen molar-refractivity contribution in [3.63, 3.8) is 0 Å². The number of hydrogen-bond acceptors (Lipinski definition) is 2. The molecule has 0 aliphatic rings. The maximum absolute atomic E-state index is 9.95. The Bertz CT molecular complexity index is 181. The summed E-state index contributed by atoms with van der Waals surface area (Å²) in [5.41, 5.74) is 0. The van der Waals surface area contributed by atoms with Gasteiger partial charge in [-0.05, 0) is 6.42 Å². The van der Waals surface area contributed by atoms with Gasteiger partial charge in [-0.25, -0.2) is 0 Å². The molecule has 1 N–H and O–H groups in total. The van der Waals surface area contributed by atoms with E-state index in [9.17, 15) is 21.6 Å². The van der Waals surface area contributed by atoms with Gasteiger partial charge in [0.05, 0.1) is 5.75 Å². The van der Waals surface area contributed by atoms with Gasteiger partial charge in [0, 0.05) is 0 Å². The summed E-state index contributed by atoms with van der Waals surface area (Å²) in [6.07, 6.45) is 1.33. The molecule has 0 saturated heterocycles. The van der Waals surface area contributed by atoms with E-state index in [-0.39, 0.29) is 35.3 Å². The summed E-state index contributed by atoms with van der Waals surface area (Å²) in [6.45, 7) is -1.22. The van der Waals surface area contributed by atoms with E-state index in [1.165, 1.54) is 0 Å². The van der Waals surface area contributed by atoms with E-state index in [1.54, 1.807) is 0 Å². The predicted octanol–water partition coefficient (Wildman–Crippen LogP) is -0.980. The van der Waals surface area contributed by atoms with Crippen LogP contribution in [0.2, 0.25) is 0 Å². The monoisotopic (exact) mass is 230 g/mol. The molecular weight excluding hydrogens is 220 g/mol. The Morgan fingerprint density at radius 2 is 1.62 bits per heavy atom. The van der Waals surface area contributed by atoms with E-state index in [0.717, 1.165) is 6.42 Å². The first-order valence-corrected chi connectivity index (χ1v) is 4.69. The molecule has 0 saturated carbocycles. The number of halogens is 3. The molecule has 0 unspecified atom stereocenters. The van der Waals surface area contributed by atoms with Crippen LogP contribution >= 0.6 is 0 Å². The van der Waals surface area contributed by atoms with Crippen molar-refractivity contribution in [2.24, 2.45) is 0 Å². The molecule has 0 aliphatic carbocycles. The molecule has 0 fully saturated rings. The van der Waals surface area contributed by atoms with Crippen LogP contribution in [0.3, 0.4) is 0 Å². The molecule has 0 aliphatic heterocycles. The van der Waals surface area contributed by atoms with Gasteiger partial charge in [-0.3, -0.25) is 4.55 Å². The SMILES string of the molecule is CCCCS(=O)(=O)O.F[C-](F)F.[Na+]. The van der Waals surface area contributed by atoms with E-state index < -0.39 is 16.8 Å². The molecule has 0 rings (SSSR count). The second-order valence-electron chi connectivity index (χ2n) is 1.85. The van der Waals surface area contributed by atoms with Crippen LogP contribution in [0.25, 0.3) is 0 Å². The van der Waals surface area contributed by atoms with Crippen molar-refractivity contribution in [3.05, 3.63) is 6.68 Å². The topological polar surface area (TPSA) is 54.4 Å². The molecule has 8 heteroatoms. The average molecular weight is 230 g/mol. The van der Waals surface area contributed by atoms with Crippen molar-refractivity contribution in [1.82, 2.24) is 0 Å². The number of rotatable bonds is 3. The van der Waals surface area contributed by atoms with Crippen molar-refractivity contribution >= 4 is 10.1 Å². The second-order valence-corrected chi connectivity index (χ2v) is 3.43. The van der Waals surface area contributed by atoms with E-state index in [1.807, 2.05) is 6.92 Å². The fourth-order valence-electron chi connectivity index (χ4n) is 0.327. The fraction of sp³-hybridized carbons (Fsp3) is 0.800. The summed E-state index contributed by atoms with van der Waals surface area (Å²) in [7, 11) is -3.69. The van der Waals surface area contributed by atoms with E-state index in [0.29, 0.717) is 6.42 Å². The molecule has 0 aromatic rings. The first-order valence-electron chi connectivity index (χ1n) is 3.08. The maximum atomic E-state index is 9.95. The Kier molecular flexibility index (Phi) is 16.0. The third-order valence-electron chi connectivity index (χ3n) is 0.756.